The van der Waals surface area contributed by atoms with Crippen molar-refractivity contribution in [3.63, 3.8) is 0 Å². The molecule has 1 amide bonds. The lowest BCUT2D eigenvalue weighted by atomic mass is 10.0. The predicted octanol–water partition coefficient (Wildman–Crippen LogP) is 3.01. The molecule has 3 heteroatoms. The smallest absolute Gasteiger partial charge is 0.231 e. The van der Waals surface area contributed by atoms with Crippen LogP contribution in [-0.4, -0.2) is 13.0 Å². The first-order chi connectivity index (χ1) is 8.65. The molecule has 0 atom stereocenters. The van der Waals surface area contributed by atoms with E-state index in [-0.39, 0.29) is 11.7 Å². The van der Waals surface area contributed by atoms with E-state index in [1.54, 1.807) is 18.0 Å². The van der Waals surface area contributed by atoms with Crippen molar-refractivity contribution >= 4 is 11.6 Å². The van der Waals surface area contributed by atoms with Crippen molar-refractivity contribution in [3.8, 4) is 11.1 Å². The lowest BCUT2D eigenvalue weighted by molar-refractivity contribution is -0.117. The molecule has 0 fully saturated rings. The maximum absolute atomic E-state index is 13.2. The number of carbonyl (C=O) groups is 1. The molecule has 0 saturated heterocycles. The van der Waals surface area contributed by atoms with Crippen LogP contribution in [0.4, 0.5) is 10.1 Å². The summed E-state index contributed by atoms with van der Waals surface area (Å²) < 4.78 is 13.2. The SMILES string of the molecule is CN1C(=O)Cc2cc(-c3cccc(F)c3)ccc21. The summed E-state index contributed by atoms with van der Waals surface area (Å²) in [7, 11) is 1.77. The number of nitrogens with zero attached hydrogens (tertiary/aromatic N) is 1. The second-order valence-electron chi connectivity index (χ2n) is 4.48. The zero-order valence-corrected chi connectivity index (χ0v) is 9.98. The monoisotopic (exact) mass is 241 g/mol. The third kappa shape index (κ3) is 1.68. The minimum atomic E-state index is -0.249. The van der Waals surface area contributed by atoms with Gasteiger partial charge in [0.15, 0.2) is 0 Å². The molecule has 1 heterocycles. The number of hydrogen-bond acceptors (Lipinski definition) is 1. The van der Waals surface area contributed by atoms with Crippen LogP contribution in [0.2, 0.25) is 0 Å². The molecule has 90 valence electrons. The first-order valence-corrected chi connectivity index (χ1v) is 5.80. The normalized spacial score (nSPS) is 13.9. The van der Waals surface area contributed by atoms with Gasteiger partial charge in [0.05, 0.1) is 6.42 Å². The average Bonchev–Trinajstić information content (AvgIpc) is 2.65. The highest BCUT2D eigenvalue weighted by Gasteiger charge is 2.23. The number of anilines is 1. The number of benzene rings is 2. The van der Waals surface area contributed by atoms with E-state index in [1.165, 1.54) is 12.1 Å². The maximum Gasteiger partial charge on any atom is 0.231 e. The highest BCUT2D eigenvalue weighted by Crippen LogP contribution is 2.32. The standard InChI is InChI=1S/C15H12FNO/c1-17-14-6-5-11(7-12(14)9-15(17)18)10-3-2-4-13(16)8-10/h2-8H,9H2,1H3. The molecule has 0 radical (unpaired) electrons. The molecular weight excluding hydrogens is 229 g/mol. The summed E-state index contributed by atoms with van der Waals surface area (Å²) in [6, 6.07) is 12.3. The second kappa shape index (κ2) is 3.95. The lowest BCUT2D eigenvalue weighted by Crippen LogP contribution is -2.20. The predicted molar refractivity (Wildman–Crippen MR) is 69.0 cm³/mol. The fourth-order valence-corrected chi connectivity index (χ4v) is 2.32. The van der Waals surface area contributed by atoms with Crippen LogP contribution in [0, 0.1) is 5.82 Å². The van der Waals surface area contributed by atoms with Crippen LogP contribution in [0.3, 0.4) is 0 Å². The van der Waals surface area contributed by atoms with E-state index < -0.39 is 0 Å². The number of likely N-dealkylation sites (N-methyl/N-ethyl adjacent to an activating group) is 1. The van der Waals surface area contributed by atoms with Gasteiger partial charge in [0, 0.05) is 12.7 Å². The number of amides is 1. The Bertz CT molecular complexity index is 636. The average molecular weight is 241 g/mol. The van der Waals surface area contributed by atoms with Gasteiger partial charge in [-0.2, -0.15) is 0 Å². The number of fused-ring (bicyclic) bond motifs is 1. The Morgan fingerprint density at radius 3 is 2.67 bits per heavy atom. The van der Waals surface area contributed by atoms with Gasteiger partial charge in [0.25, 0.3) is 0 Å². The van der Waals surface area contributed by atoms with E-state index in [9.17, 15) is 9.18 Å². The Morgan fingerprint density at radius 1 is 1.11 bits per heavy atom. The van der Waals surface area contributed by atoms with Gasteiger partial charge in [0.1, 0.15) is 5.82 Å². The molecular formula is C15H12FNO. The van der Waals surface area contributed by atoms with E-state index in [2.05, 4.69) is 0 Å². The number of rotatable bonds is 1. The Balaban J connectivity index is 2.07. The Morgan fingerprint density at radius 2 is 1.89 bits per heavy atom. The van der Waals surface area contributed by atoms with Crippen molar-refractivity contribution in [2.75, 3.05) is 11.9 Å². The van der Waals surface area contributed by atoms with E-state index in [0.717, 1.165) is 22.4 Å². The van der Waals surface area contributed by atoms with Gasteiger partial charge in [-0.05, 0) is 41.0 Å². The molecule has 0 bridgehead atoms. The van der Waals surface area contributed by atoms with Crippen molar-refractivity contribution in [1.29, 1.82) is 0 Å². The minimum Gasteiger partial charge on any atom is -0.315 e. The van der Waals surface area contributed by atoms with Crippen LogP contribution in [0.15, 0.2) is 42.5 Å². The zero-order chi connectivity index (χ0) is 12.7. The van der Waals surface area contributed by atoms with Crippen LogP contribution in [0.1, 0.15) is 5.56 Å². The van der Waals surface area contributed by atoms with Crippen molar-refractivity contribution in [3.05, 3.63) is 53.8 Å². The maximum atomic E-state index is 13.2. The fourth-order valence-electron chi connectivity index (χ4n) is 2.32. The topological polar surface area (TPSA) is 20.3 Å². The van der Waals surface area contributed by atoms with Crippen LogP contribution in [-0.2, 0) is 11.2 Å². The summed E-state index contributed by atoms with van der Waals surface area (Å²) in [5.74, 6) is -0.150. The molecule has 1 aliphatic rings. The second-order valence-corrected chi connectivity index (χ2v) is 4.48. The Labute approximate surface area is 105 Å². The molecule has 18 heavy (non-hydrogen) atoms. The van der Waals surface area contributed by atoms with Crippen LogP contribution in [0.5, 0.6) is 0 Å². The van der Waals surface area contributed by atoms with E-state index >= 15 is 0 Å². The van der Waals surface area contributed by atoms with Gasteiger partial charge < -0.3 is 4.90 Å². The molecule has 2 nitrogen and oxygen atoms in total. The molecule has 2 aromatic carbocycles. The van der Waals surface area contributed by atoms with Crippen LogP contribution >= 0.6 is 0 Å². The summed E-state index contributed by atoms with van der Waals surface area (Å²) in [6.45, 7) is 0. The third-order valence-corrected chi connectivity index (χ3v) is 3.31. The summed E-state index contributed by atoms with van der Waals surface area (Å²) >= 11 is 0. The number of halogens is 1. The molecule has 1 aliphatic heterocycles. The van der Waals surface area contributed by atoms with E-state index in [1.807, 2.05) is 24.3 Å². The largest absolute Gasteiger partial charge is 0.315 e. The fraction of sp³-hybridized carbons (Fsp3) is 0.133. The summed E-state index contributed by atoms with van der Waals surface area (Å²) in [5.41, 5.74) is 3.72. The zero-order valence-electron chi connectivity index (χ0n) is 9.98. The number of carbonyl (C=O) groups excluding carboxylic acids is 1. The highest BCUT2D eigenvalue weighted by molar-refractivity contribution is 6.01. The van der Waals surface area contributed by atoms with Crippen molar-refractivity contribution < 1.29 is 9.18 Å². The van der Waals surface area contributed by atoms with Gasteiger partial charge >= 0.3 is 0 Å². The Hall–Kier alpha value is -2.16. The van der Waals surface area contributed by atoms with Crippen molar-refractivity contribution in [2.24, 2.45) is 0 Å². The van der Waals surface area contributed by atoms with Crippen molar-refractivity contribution in [2.45, 2.75) is 6.42 Å². The molecule has 3 rings (SSSR count). The first kappa shape index (κ1) is 11.0. The molecule has 2 aromatic rings. The molecule has 0 aliphatic carbocycles. The molecule has 0 N–H and O–H groups in total. The summed E-state index contributed by atoms with van der Waals surface area (Å²) in [5, 5.41) is 0. The highest BCUT2D eigenvalue weighted by atomic mass is 19.1. The van der Waals surface area contributed by atoms with Gasteiger partial charge in [0.2, 0.25) is 5.91 Å². The van der Waals surface area contributed by atoms with Gasteiger partial charge in [-0.3, -0.25) is 4.79 Å². The van der Waals surface area contributed by atoms with Gasteiger partial charge in [-0.1, -0.05) is 18.2 Å². The van der Waals surface area contributed by atoms with Crippen molar-refractivity contribution in [1.82, 2.24) is 0 Å². The molecule has 0 saturated carbocycles. The third-order valence-electron chi connectivity index (χ3n) is 3.31. The number of hydrogen-bond donors (Lipinski definition) is 0. The summed E-state index contributed by atoms with van der Waals surface area (Å²) in [6.07, 6.45) is 0.426. The quantitative estimate of drug-likeness (QED) is 0.751. The van der Waals surface area contributed by atoms with Gasteiger partial charge in [-0.15, -0.1) is 0 Å². The van der Waals surface area contributed by atoms with Crippen LogP contribution < -0.4 is 4.90 Å². The Kier molecular flexibility index (Phi) is 2.40. The lowest BCUT2D eigenvalue weighted by Gasteiger charge is -2.10. The molecule has 0 aromatic heterocycles. The van der Waals surface area contributed by atoms with E-state index in [0.29, 0.717) is 6.42 Å². The summed E-state index contributed by atoms with van der Waals surface area (Å²) in [4.78, 5) is 13.3. The first-order valence-electron chi connectivity index (χ1n) is 5.80. The molecule has 0 unspecified atom stereocenters. The van der Waals surface area contributed by atoms with Gasteiger partial charge in [-0.25, -0.2) is 4.39 Å². The van der Waals surface area contributed by atoms with Crippen LogP contribution in [0.25, 0.3) is 11.1 Å². The minimum absolute atomic E-state index is 0.0985. The van der Waals surface area contributed by atoms with E-state index in [4.69, 9.17) is 0 Å². The molecule has 0 spiro atoms.